The van der Waals surface area contributed by atoms with Crippen LogP contribution in [0, 0.1) is 5.82 Å². The molecule has 0 fully saturated rings. The molecule has 2 aromatic carbocycles. The summed E-state index contributed by atoms with van der Waals surface area (Å²) in [5.74, 6) is 0.985. The van der Waals surface area contributed by atoms with Crippen LogP contribution in [0.3, 0.4) is 0 Å². The predicted octanol–water partition coefficient (Wildman–Crippen LogP) is 3.98. The van der Waals surface area contributed by atoms with E-state index >= 15 is 0 Å². The number of anilines is 1. The van der Waals surface area contributed by atoms with Gasteiger partial charge >= 0.3 is 5.97 Å². The number of ether oxygens (including phenoxy) is 2. The lowest BCUT2D eigenvalue weighted by Crippen LogP contribution is -2.28. The Balaban J connectivity index is 1.67. The molecule has 3 rings (SSSR count). The largest absolute Gasteiger partial charge is 0.497 e. The van der Waals surface area contributed by atoms with Gasteiger partial charge in [-0.15, -0.1) is 0 Å². The molecular formula is C23H25FN4O4. The predicted molar refractivity (Wildman–Crippen MR) is 118 cm³/mol. The summed E-state index contributed by atoms with van der Waals surface area (Å²) in [6.45, 7) is 0.448. The smallest absolute Gasteiger partial charge is 0.317 e. The Hall–Kier alpha value is -3.72. The van der Waals surface area contributed by atoms with Crippen molar-refractivity contribution in [3.05, 3.63) is 72.3 Å². The lowest BCUT2D eigenvalue weighted by molar-refractivity contribution is -0.138. The van der Waals surface area contributed by atoms with Crippen molar-refractivity contribution in [1.29, 1.82) is 0 Å². The third-order valence-corrected chi connectivity index (χ3v) is 4.70. The summed E-state index contributed by atoms with van der Waals surface area (Å²) in [6, 6.07) is 13.1. The molecule has 1 heterocycles. The van der Waals surface area contributed by atoms with Gasteiger partial charge < -0.3 is 19.9 Å². The summed E-state index contributed by atoms with van der Waals surface area (Å²) in [4.78, 5) is 21.2. The van der Waals surface area contributed by atoms with Crippen LogP contribution in [0.1, 0.15) is 18.0 Å². The van der Waals surface area contributed by atoms with Gasteiger partial charge in [-0.2, -0.15) is 0 Å². The topological polar surface area (TPSA) is 96.8 Å². The number of likely N-dealkylation sites (N-methyl/N-ethyl adjacent to an activating group) is 1. The van der Waals surface area contributed by atoms with Gasteiger partial charge in [0, 0.05) is 6.54 Å². The average molecular weight is 440 g/mol. The highest BCUT2D eigenvalue weighted by Gasteiger charge is 2.15. The number of methoxy groups -OCH3 is 1. The van der Waals surface area contributed by atoms with Crippen molar-refractivity contribution < 1.29 is 23.8 Å². The zero-order chi connectivity index (χ0) is 22.9. The van der Waals surface area contributed by atoms with Crippen molar-refractivity contribution in [1.82, 2.24) is 14.9 Å². The maximum Gasteiger partial charge on any atom is 0.317 e. The molecule has 0 bridgehead atoms. The molecule has 0 spiro atoms. The Labute approximate surface area is 185 Å². The van der Waals surface area contributed by atoms with Gasteiger partial charge in [0.25, 0.3) is 0 Å². The number of halogens is 1. The molecule has 0 aliphatic heterocycles. The van der Waals surface area contributed by atoms with Gasteiger partial charge in [-0.1, -0.05) is 12.1 Å². The molecule has 32 heavy (non-hydrogen) atoms. The summed E-state index contributed by atoms with van der Waals surface area (Å²) in [6.07, 6.45) is 3.68. The van der Waals surface area contributed by atoms with Crippen LogP contribution in [-0.4, -0.2) is 53.2 Å². The average Bonchev–Trinajstić information content (AvgIpc) is 2.78. The van der Waals surface area contributed by atoms with Crippen molar-refractivity contribution in [2.45, 2.75) is 12.5 Å². The number of hydrogen-bond donors (Lipinski definition) is 2. The van der Waals surface area contributed by atoms with Crippen LogP contribution in [0.5, 0.6) is 17.2 Å². The fourth-order valence-corrected chi connectivity index (χ4v) is 3.06. The fourth-order valence-electron chi connectivity index (χ4n) is 3.06. The van der Waals surface area contributed by atoms with Crippen LogP contribution in [0.4, 0.5) is 10.3 Å². The first-order valence-electron chi connectivity index (χ1n) is 9.99. The van der Waals surface area contributed by atoms with Crippen LogP contribution in [0.15, 0.2) is 60.9 Å². The molecule has 168 valence electrons. The maximum absolute atomic E-state index is 13.4. The normalized spacial score (nSPS) is 11.8. The molecule has 8 nitrogen and oxygen atoms in total. The molecule has 0 saturated heterocycles. The summed E-state index contributed by atoms with van der Waals surface area (Å²) in [5, 5.41) is 12.2. The number of benzene rings is 2. The molecule has 1 atom stereocenters. The quantitative estimate of drug-likeness (QED) is 0.462. The number of hydrogen-bond acceptors (Lipinski definition) is 7. The third-order valence-electron chi connectivity index (χ3n) is 4.70. The monoisotopic (exact) mass is 440 g/mol. The molecule has 0 amide bonds. The van der Waals surface area contributed by atoms with E-state index in [0.29, 0.717) is 30.4 Å². The van der Waals surface area contributed by atoms with E-state index in [9.17, 15) is 9.18 Å². The van der Waals surface area contributed by atoms with Crippen LogP contribution >= 0.6 is 0 Å². The molecule has 3 aromatic rings. The molecule has 1 aromatic heterocycles. The van der Waals surface area contributed by atoms with Crippen LogP contribution in [0.2, 0.25) is 0 Å². The molecular weight excluding hydrogens is 415 g/mol. The number of aliphatic carboxylic acids is 1. The minimum absolute atomic E-state index is 0.0654. The first kappa shape index (κ1) is 23.0. The second-order valence-corrected chi connectivity index (χ2v) is 7.19. The molecule has 2 N–H and O–H groups in total. The highest BCUT2D eigenvalue weighted by Crippen LogP contribution is 2.25. The van der Waals surface area contributed by atoms with Gasteiger partial charge in [-0.25, -0.2) is 14.4 Å². The number of rotatable bonds is 11. The lowest BCUT2D eigenvalue weighted by atomic mass is 10.0. The van der Waals surface area contributed by atoms with Gasteiger partial charge in [0.2, 0.25) is 5.95 Å². The number of aromatic nitrogens is 2. The summed E-state index contributed by atoms with van der Waals surface area (Å²) in [5.41, 5.74) is 0.845. The van der Waals surface area contributed by atoms with Crippen molar-refractivity contribution in [3.63, 3.8) is 0 Å². The number of carbonyl (C=O) groups is 1. The van der Waals surface area contributed by atoms with Crippen molar-refractivity contribution >= 4 is 11.9 Å². The minimum atomic E-state index is -0.894. The Morgan fingerprint density at radius 3 is 2.28 bits per heavy atom. The second-order valence-electron chi connectivity index (χ2n) is 7.19. The van der Waals surface area contributed by atoms with E-state index in [0.717, 1.165) is 11.3 Å². The van der Waals surface area contributed by atoms with Gasteiger partial charge in [0.15, 0.2) is 5.75 Å². The van der Waals surface area contributed by atoms with Gasteiger partial charge in [0.1, 0.15) is 17.3 Å². The van der Waals surface area contributed by atoms with Crippen LogP contribution in [0.25, 0.3) is 0 Å². The Morgan fingerprint density at radius 1 is 1.06 bits per heavy atom. The summed E-state index contributed by atoms with van der Waals surface area (Å²) < 4.78 is 24.2. The van der Waals surface area contributed by atoms with E-state index < -0.39 is 5.97 Å². The molecule has 0 radical (unpaired) electrons. The first-order chi connectivity index (χ1) is 15.4. The summed E-state index contributed by atoms with van der Waals surface area (Å²) >= 11 is 0. The van der Waals surface area contributed by atoms with Gasteiger partial charge in [-0.3, -0.25) is 9.69 Å². The van der Waals surface area contributed by atoms with E-state index in [1.165, 1.54) is 12.1 Å². The number of nitrogens with zero attached hydrogens (tertiary/aromatic N) is 3. The lowest BCUT2D eigenvalue weighted by Gasteiger charge is -2.22. The molecule has 9 heteroatoms. The second kappa shape index (κ2) is 11.1. The molecule has 1 unspecified atom stereocenters. The van der Waals surface area contributed by atoms with Crippen molar-refractivity contribution in [2.24, 2.45) is 0 Å². The van der Waals surface area contributed by atoms with Crippen LogP contribution in [-0.2, 0) is 4.79 Å². The highest BCUT2D eigenvalue weighted by molar-refractivity contribution is 5.69. The molecule has 0 aliphatic carbocycles. The van der Waals surface area contributed by atoms with Gasteiger partial charge in [0.05, 0.1) is 32.1 Å². The first-order valence-corrected chi connectivity index (χ1v) is 9.99. The van der Waals surface area contributed by atoms with Gasteiger partial charge in [-0.05, 0) is 55.4 Å². The fraction of sp³-hybridized carbons (Fsp3) is 0.261. The van der Waals surface area contributed by atoms with E-state index in [-0.39, 0.29) is 18.4 Å². The van der Waals surface area contributed by atoms with Crippen molar-refractivity contribution in [3.8, 4) is 17.2 Å². The zero-order valence-corrected chi connectivity index (χ0v) is 17.9. The number of carboxylic acids is 1. The van der Waals surface area contributed by atoms with Crippen LogP contribution < -0.4 is 14.8 Å². The van der Waals surface area contributed by atoms with E-state index in [1.807, 2.05) is 0 Å². The molecule has 0 aliphatic rings. The summed E-state index contributed by atoms with van der Waals surface area (Å²) in [7, 11) is 3.33. The van der Waals surface area contributed by atoms with E-state index in [1.54, 1.807) is 67.8 Å². The Bertz CT molecular complexity index is 998. The standard InChI is InChI=1S/C23H25FN4O4/c1-28(15-22(29)30)12-11-21(16-3-5-17(24)6-4-16)27-23-25-13-20(14-26-23)32-19-9-7-18(31-2)8-10-19/h3-10,13-14,21H,11-12,15H2,1-2H3,(H,29,30)(H,25,26,27). The SMILES string of the molecule is COc1ccc(Oc2cnc(NC(CCN(C)CC(=O)O)c3ccc(F)cc3)nc2)cc1. The zero-order valence-electron chi connectivity index (χ0n) is 17.9. The molecule has 0 saturated carbocycles. The maximum atomic E-state index is 13.4. The highest BCUT2D eigenvalue weighted by atomic mass is 19.1. The third kappa shape index (κ3) is 6.92. The Morgan fingerprint density at radius 2 is 1.69 bits per heavy atom. The number of carboxylic acid groups (broad SMARTS) is 1. The Kier molecular flexibility index (Phi) is 7.93. The van der Waals surface area contributed by atoms with E-state index in [4.69, 9.17) is 14.6 Å². The number of nitrogens with one attached hydrogen (secondary N) is 1. The van der Waals surface area contributed by atoms with Crippen molar-refractivity contribution in [2.75, 3.05) is 32.6 Å². The minimum Gasteiger partial charge on any atom is -0.497 e. The van der Waals surface area contributed by atoms with E-state index in [2.05, 4.69) is 15.3 Å².